The number of esters is 1. The lowest BCUT2D eigenvalue weighted by atomic mass is 10.0. The molecule has 3 amide bonds. The van der Waals surface area contributed by atoms with Gasteiger partial charge in [0.15, 0.2) is 0 Å². The molecule has 30 heavy (non-hydrogen) atoms. The Hall–Kier alpha value is -2.81. The van der Waals surface area contributed by atoms with Crippen molar-refractivity contribution in [2.75, 3.05) is 19.1 Å². The summed E-state index contributed by atoms with van der Waals surface area (Å²) in [6, 6.07) is 7.35. The largest absolute Gasteiger partial charge is 0.467 e. The Bertz CT molecular complexity index is 799. The summed E-state index contributed by atoms with van der Waals surface area (Å²) in [5, 5.41) is 5.09. The van der Waals surface area contributed by atoms with E-state index in [4.69, 9.17) is 4.74 Å². The van der Waals surface area contributed by atoms with Crippen molar-refractivity contribution in [2.24, 2.45) is 0 Å². The van der Waals surface area contributed by atoms with E-state index in [1.807, 2.05) is 36.6 Å². The van der Waals surface area contributed by atoms with Gasteiger partial charge in [0.05, 0.1) is 13.2 Å². The number of nitrogens with zero attached hydrogens (tertiary/aromatic N) is 1. The number of methoxy groups -OCH3 is 1. The molecule has 0 spiro atoms. The molecule has 1 aromatic carbocycles. The van der Waals surface area contributed by atoms with Gasteiger partial charge in [-0.05, 0) is 37.0 Å². The van der Waals surface area contributed by atoms with Gasteiger partial charge in [0, 0.05) is 6.42 Å². The van der Waals surface area contributed by atoms with E-state index in [2.05, 4.69) is 10.6 Å². The van der Waals surface area contributed by atoms with Crippen LogP contribution < -0.4 is 10.6 Å². The minimum atomic E-state index is -0.828. The molecule has 1 aliphatic heterocycles. The monoisotopic (exact) mass is 433 g/mol. The van der Waals surface area contributed by atoms with Crippen LogP contribution in [0.5, 0.6) is 0 Å². The van der Waals surface area contributed by atoms with Gasteiger partial charge in [-0.15, -0.1) is 0 Å². The third-order valence-electron chi connectivity index (χ3n) is 4.85. The number of ether oxygens (including phenoxy) is 1. The van der Waals surface area contributed by atoms with E-state index in [-0.39, 0.29) is 5.70 Å². The molecule has 3 unspecified atom stereocenters. The first-order chi connectivity index (χ1) is 14.4. The fourth-order valence-electron chi connectivity index (χ4n) is 3.33. The molecule has 0 saturated carbocycles. The lowest BCUT2D eigenvalue weighted by molar-refractivity contribution is -0.152. The number of benzene rings is 1. The summed E-state index contributed by atoms with van der Waals surface area (Å²) in [7, 11) is 1.28. The van der Waals surface area contributed by atoms with E-state index in [9.17, 15) is 19.2 Å². The molecule has 0 fully saturated rings. The normalized spacial score (nSPS) is 17.7. The molecule has 0 aromatic heterocycles. The highest BCUT2D eigenvalue weighted by molar-refractivity contribution is 7.98. The highest BCUT2D eigenvalue weighted by Crippen LogP contribution is 2.23. The molecule has 0 radical (unpaired) electrons. The zero-order valence-corrected chi connectivity index (χ0v) is 18.1. The zero-order valence-electron chi connectivity index (χ0n) is 17.3. The van der Waals surface area contributed by atoms with Crippen LogP contribution in [0.1, 0.15) is 18.9 Å². The topological polar surface area (TPSA) is 105 Å². The molecule has 0 aliphatic carbocycles. The fourth-order valence-corrected chi connectivity index (χ4v) is 3.81. The molecule has 2 rings (SSSR count). The van der Waals surface area contributed by atoms with E-state index >= 15 is 0 Å². The smallest absolute Gasteiger partial charge is 0.328 e. The van der Waals surface area contributed by atoms with Crippen LogP contribution in [0.25, 0.3) is 0 Å². The van der Waals surface area contributed by atoms with Gasteiger partial charge in [0.1, 0.15) is 17.8 Å². The standard InChI is InChI=1S/C21H27N3O5S/c1-14-11-17(23-19(26)16(22-13-25)9-10-30-3)20(27)24(14)18(21(28)29-2)12-15-7-5-4-6-8-15/h4-8,11,13-14,16,18H,9-10,12H2,1-3H3,(H,22,25)(H,23,26). The number of hydrogen-bond donors (Lipinski definition) is 2. The van der Waals surface area contributed by atoms with Crippen molar-refractivity contribution >= 4 is 36.0 Å². The summed E-state index contributed by atoms with van der Waals surface area (Å²) in [6.07, 6.45) is 4.70. The number of hydrogen-bond acceptors (Lipinski definition) is 6. The predicted octanol–water partition coefficient (Wildman–Crippen LogP) is 0.869. The average Bonchev–Trinajstić information content (AvgIpc) is 3.02. The summed E-state index contributed by atoms with van der Waals surface area (Å²) < 4.78 is 4.93. The number of nitrogens with one attached hydrogen (secondary N) is 2. The van der Waals surface area contributed by atoms with Gasteiger partial charge in [-0.1, -0.05) is 30.3 Å². The Balaban J connectivity index is 2.16. The van der Waals surface area contributed by atoms with Crippen LogP contribution in [-0.2, 0) is 30.3 Å². The Morgan fingerprint density at radius 3 is 2.60 bits per heavy atom. The minimum Gasteiger partial charge on any atom is -0.467 e. The third kappa shape index (κ3) is 5.85. The lowest BCUT2D eigenvalue weighted by Crippen LogP contribution is -2.50. The number of carbonyl (C=O) groups excluding carboxylic acids is 4. The molecular formula is C21H27N3O5S. The molecule has 9 heteroatoms. The predicted molar refractivity (Wildman–Crippen MR) is 114 cm³/mol. The maximum absolute atomic E-state index is 13.0. The van der Waals surface area contributed by atoms with Gasteiger partial charge >= 0.3 is 5.97 Å². The molecule has 1 aliphatic rings. The number of amides is 3. The SMILES string of the molecule is COC(=O)C(Cc1ccccc1)N1C(=O)C(NC(=O)C(CCSC)NC=O)=CC1C. The van der Waals surface area contributed by atoms with E-state index in [1.54, 1.807) is 24.8 Å². The second-order valence-corrected chi connectivity index (χ2v) is 7.86. The van der Waals surface area contributed by atoms with E-state index in [1.165, 1.54) is 12.0 Å². The summed E-state index contributed by atoms with van der Waals surface area (Å²) >= 11 is 1.55. The maximum Gasteiger partial charge on any atom is 0.328 e. The Labute approximate surface area is 180 Å². The molecular weight excluding hydrogens is 406 g/mol. The summed E-state index contributed by atoms with van der Waals surface area (Å²) in [6.45, 7) is 1.77. The van der Waals surface area contributed by atoms with Crippen molar-refractivity contribution in [1.82, 2.24) is 15.5 Å². The molecule has 2 N–H and O–H groups in total. The van der Waals surface area contributed by atoms with Crippen LogP contribution in [0.4, 0.5) is 0 Å². The van der Waals surface area contributed by atoms with Gasteiger partial charge in [-0.2, -0.15) is 11.8 Å². The van der Waals surface area contributed by atoms with Crippen molar-refractivity contribution in [3.05, 3.63) is 47.7 Å². The number of rotatable bonds is 11. The number of carbonyl (C=O) groups is 4. The van der Waals surface area contributed by atoms with Crippen LogP contribution in [-0.4, -0.2) is 66.3 Å². The second kappa shape index (κ2) is 11.4. The van der Waals surface area contributed by atoms with Crippen LogP contribution in [0.15, 0.2) is 42.1 Å². The molecule has 1 heterocycles. The van der Waals surface area contributed by atoms with E-state index < -0.39 is 35.9 Å². The molecule has 0 saturated heterocycles. The lowest BCUT2D eigenvalue weighted by Gasteiger charge is -2.30. The first-order valence-electron chi connectivity index (χ1n) is 9.58. The molecule has 162 valence electrons. The van der Waals surface area contributed by atoms with Gasteiger partial charge in [0.2, 0.25) is 12.3 Å². The van der Waals surface area contributed by atoms with Crippen molar-refractivity contribution < 1.29 is 23.9 Å². The summed E-state index contributed by atoms with van der Waals surface area (Å²) in [4.78, 5) is 50.3. The van der Waals surface area contributed by atoms with Crippen molar-refractivity contribution in [1.29, 1.82) is 0 Å². The van der Waals surface area contributed by atoms with Gasteiger partial charge in [0.25, 0.3) is 5.91 Å². The van der Waals surface area contributed by atoms with E-state index in [0.29, 0.717) is 25.0 Å². The molecule has 1 aromatic rings. The highest BCUT2D eigenvalue weighted by Gasteiger charge is 2.40. The maximum atomic E-state index is 13.0. The fraction of sp³-hybridized carbons (Fsp3) is 0.429. The van der Waals surface area contributed by atoms with Crippen molar-refractivity contribution in [3.8, 4) is 0 Å². The summed E-state index contributed by atoms with van der Waals surface area (Å²) in [5.41, 5.74) is 0.981. The van der Waals surface area contributed by atoms with Gasteiger partial charge in [-0.25, -0.2) is 4.79 Å². The Morgan fingerprint density at radius 1 is 1.30 bits per heavy atom. The third-order valence-corrected chi connectivity index (χ3v) is 5.49. The first-order valence-corrected chi connectivity index (χ1v) is 11.0. The van der Waals surface area contributed by atoms with Crippen LogP contribution >= 0.6 is 11.8 Å². The molecule has 0 bridgehead atoms. The molecule has 8 nitrogen and oxygen atoms in total. The zero-order chi connectivity index (χ0) is 22.1. The number of thioether (sulfide) groups is 1. The van der Waals surface area contributed by atoms with Gasteiger partial charge in [-0.3, -0.25) is 14.4 Å². The first kappa shape index (κ1) is 23.5. The Kier molecular flexibility index (Phi) is 8.91. The summed E-state index contributed by atoms with van der Waals surface area (Å²) in [5.74, 6) is -0.782. The average molecular weight is 434 g/mol. The van der Waals surface area contributed by atoms with Crippen LogP contribution in [0, 0.1) is 0 Å². The Morgan fingerprint density at radius 2 is 2.00 bits per heavy atom. The van der Waals surface area contributed by atoms with E-state index in [0.717, 1.165) is 5.56 Å². The van der Waals surface area contributed by atoms with Crippen LogP contribution in [0.2, 0.25) is 0 Å². The second-order valence-electron chi connectivity index (χ2n) is 6.87. The van der Waals surface area contributed by atoms with Crippen molar-refractivity contribution in [3.63, 3.8) is 0 Å². The van der Waals surface area contributed by atoms with Crippen molar-refractivity contribution in [2.45, 2.75) is 37.9 Å². The van der Waals surface area contributed by atoms with Gasteiger partial charge < -0.3 is 20.3 Å². The molecule has 3 atom stereocenters. The van der Waals surface area contributed by atoms with Crippen LogP contribution in [0.3, 0.4) is 0 Å². The quantitative estimate of drug-likeness (QED) is 0.396. The minimum absolute atomic E-state index is 0.0938. The highest BCUT2D eigenvalue weighted by atomic mass is 32.2.